The van der Waals surface area contributed by atoms with E-state index in [-0.39, 0.29) is 12.0 Å². The first-order valence-electron chi connectivity index (χ1n) is 14.2. The van der Waals surface area contributed by atoms with E-state index >= 15 is 0 Å². The number of amides is 1. The van der Waals surface area contributed by atoms with Crippen molar-refractivity contribution in [1.82, 2.24) is 9.80 Å². The molecule has 0 N–H and O–H groups in total. The van der Waals surface area contributed by atoms with Crippen molar-refractivity contribution in [3.05, 3.63) is 102 Å². The SMILES string of the molecule is CCCCCCCOc1ccc(C(=O)N2CCN(CCOC(c3ccccc3)c3ccccc3)CC2)cc1. The van der Waals surface area contributed by atoms with Gasteiger partial charge in [-0.2, -0.15) is 0 Å². The summed E-state index contributed by atoms with van der Waals surface area (Å²) in [6, 6.07) is 28.4. The van der Waals surface area contributed by atoms with Crippen LogP contribution >= 0.6 is 0 Å². The fourth-order valence-electron chi connectivity index (χ4n) is 4.89. The molecule has 4 rings (SSSR count). The number of benzene rings is 3. The molecule has 0 atom stereocenters. The van der Waals surface area contributed by atoms with E-state index in [9.17, 15) is 4.79 Å². The summed E-state index contributed by atoms with van der Waals surface area (Å²) in [4.78, 5) is 17.4. The normalized spacial score (nSPS) is 14.1. The Bertz CT molecular complexity index is 1020. The van der Waals surface area contributed by atoms with Crippen molar-refractivity contribution in [2.45, 2.75) is 45.1 Å². The third-order valence-corrected chi connectivity index (χ3v) is 7.17. The second-order valence-corrected chi connectivity index (χ2v) is 9.99. The quantitative estimate of drug-likeness (QED) is 0.227. The van der Waals surface area contributed by atoms with Gasteiger partial charge in [0.1, 0.15) is 11.9 Å². The zero-order chi connectivity index (χ0) is 26.4. The lowest BCUT2D eigenvalue weighted by Gasteiger charge is -2.35. The lowest BCUT2D eigenvalue weighted by atomic mass is 10.0. The summed E-state index contributed by atoms with van der Waals surface area (Å²) in [5.74, 6) is 0.936. The molecule has 1 heterocycles. The average Bonchev–Trinajstić information content (AvgIpc) is 2.98. The van der Waals surface area contributed by atoms with E-state index in [0.29, 0.717) is 6.61 Å². The molecule has 5 heteroatoms. The van der Waals surface area contributed by atoms with Crippen molar-refractivity contribution in [3.63, 3.8) is 0 Å². The van der Waals surface area contributed by atoms with Crippen molar-refractivity contribution < 1.29 is 14.3 Å². The van der Waals surface area contributed by atoms with Gasteiger partial charge in [0, 0.05) is 38.3 Å². The largest absolute Gasteiger partial charge is 0.494 e. The van der Waals surface area contributed by atoms with E-state index < -0.39 is 0 Å². The number of carbonyl (C=O) groups is 1. The van der Waals surface area contributed by atoms with Crippen LogP contribution in [0.1, 0.15) is 66.6 Å². The molecule has 1 amide bonds. The summed E-state index contributed by atoms with van der Waals surface area (Å²) in [5.41, 5.74) is 3.06. The number of piperazine rings is 1. The molecule has 0 aromatic heterocycles. The standard InChI is InChI=1S/C33H42N2O3/c1-2-3-4-5-12-26-37-31-19-17-30(18-20-31)33(36)35-23-21-34(22-24-35)25-27-38-32(28-13-8-6-9-14-28)29-15-10-7-11-16-29/h6-11,13-20,32H,2-5,12,21-27H2,1H3. The van der Waals surface area contributed by atoms with Crippen LogP contribution in [0.2, 0.25) is 0 Å². The average molecular weight is 515 g/mol. The topological polar surface area (TPSA) is 42.0 Å². The molecule has 0 bridgehead atoms. The van der Waals surface area contributed by atoms with Crippen molar-refractivity contribution in [2.75, 3.05) is 45.9 Å². The summed E-state index contributed by atoms with van der Waals surface area (Å²) in [5, 5.41) is 0. The zero-order valence-electron chi connectivity index (χ0n) is 22.8. The molecule has 38 heavy (non-hydrogen) atoms. The highest BCUT2D eigenvalue weighted by atomic mass is 16.5. The van der Waals surface area contributed by atoms with E-state index in [1.54, 1.807) is 0 Å². The Hall–Kier alpha value is -3.15. The molecule has 0 saturated carbocycles. The van der Waals surface area contributed by atoms with E-state index in [4.69, 9.17) is 9.47 Å². The number of rotatable bonds is 14. The fourth-order valence-corrected chi connectivity index (χ4v) is 4.89. The first-order chi connectivity index (χ1) is 18.7. The molecule has 5 nitrogen and oxygen atoms in total. The van der Waals surface area contributed by atoms with Gasteiger partial charge < -0.3 is 14.4 Å². The highest BCUT2D eigenvalue weighted by Crippen LogP contribution is 2.25. The number of unbranched alkanes of at least 4 members (excludes halogenated alkanes) is 4. The van der Waals surface area contributed by atoms with Crippen LogP contribution in [0.5, 0.6) is 5.75 Å². The van der Waals surface area contributed by atoms with Crippen molar-refractivity contribution in [3.8, 4) is 5.75 Å². The Morgan fingerprint density at radius 3 is 1.95 bits per heavy atom. The molecule has 202 valence electrons. The summed E-state index contributed by atoms with van der Waals surface area (Å²) < 4.78 is 12.2. The molecule has 0 spiro atoms. The Kier molecular flexibility index (Phi) is 11.2. The van der Waals surface area contributed by atoms with Gasteiger partial charge in [0.2, 0.25) is 0 Å². The summed E-state index contributed by atoms with van der Waals surface area (Å²) >= 11 is 0. The molecule has 1 saturated heterocycles. The Labute approximate surface area is 228 Å². The smallest absolute Gasteiger partial charge is 0.253 e. The summed E-state index contributed by atoms with van der Waals surface area (Å²) in [7, 11) is 0. The third kappa shape index (κ3) is 8.44. The molecule has 3 aromatic carbocycles. The van der Waals surface area contributed by atoms with Gasteiger partial charge in [0.25, 0.3) is 5.91 Å². The van der Waals surface area contributed by atoms with Gasteiger partial charge in [-0.3, -0.25) is 9.69 Å². The maximum Gasteiger partial charge on any atom is 0.253 e. The van der Waals surface area contributed by atoms with Crippen LogP contribution in [0.4, 0.5) is 0 Å². The highest BCUT2D eigenvalue weighted by molar-refractivity contribution is 5.94. The molecule has 0 radical (unpaired) electrons. The highest BCUT2D eigenvalue weighted by Gasteiger charge is 2.22. The number of hydrogen-bond donors (Lipinski definition) is 0. The zero-order valence-corrected chi connectivity index (χ0v) is 22.8. The van der Waals surface area contributed by atoms with Crippen LogP contribution in [0, 0.1) is 0 Å². The number of carbonyl (C=O) groups excluding carboxylic acids is 1. The van der Waals surface area contributed by atoms with Gasteiger partial charge in [-0.25, -0.2) is 0 Å². The maximum atomic E-state index is 13.0. The van der Waals surface area contributed by atoms with E-state index in [1.165, 1.54) is 25.7 Å². The molecular weight excluding hydrogens is 472 g/mol. The van der Waals surface area contributed by atoms with Gasteiger partial charge in [0.05, 0.1) is 13.2 Å². The molecule has 1 aliphatic rings. The first kappa shape index (κ1) is 27.9. The Balaban J connectivity index is 1.19. The molecule has 1 fully saturated rings. The molecular formula is C33H42N2O3. The van der Waals surface area contributed by atoms with Gasteiger partial charge in [-0.15, -0.1) is 0 Å². The van der Waals surface area contributed by atoms with Crippen LogP contribution in [0.25, 0.3) is 0 Å². The maximum absolute atomic E-state index is 13.0. The van der Waals surface area contributed by atoms with Crippen LogP contribution in [-0.4, -0.2) is 61.6 Å². The van der Waals surface area contributed by atoms with Gasteiger partial charge >= 0.3 is 0 Å². The van der Waals surface area contributed by atoms with Crippen LogP contribution in [-0.2, 0) is 4.74 Å². The molecule has 3 aromatic rings. The minimum absolute atomic E-state index is 0.0757. The minimum atomic E-state index is -0.0757. The fraction of sp³-hybridized carbons (Fsp3) is 0.424. The van der Waals surface area contributed by atoms with Crippen molar-refractivity contribution in [1.29, 1.82) is 0 Å². The minimum Gasteiger partial charge on any atom is -0.494 e. The van der Waals surface area contributed by atoms with Crippen LogP contribution in [0.15, 0.2) is 84.9 Å². The van der Waals surface area contributed by atoms with Crippen molar-refractivity contribution >= 4 is 5.91 Å². The van der Waals surface area contributed by atoms with Gasteiger partial charge in [-0.05, 0) is 41.8 Å². The first-order valence-corrected chi connectivity index (χ1v) is 14.2. The second kappa shape index (κ2) is 15.3. The lowest BCUT2D eigenvalue weighted by Crippen LogP contribution is -2.49. The van der Waals surface area contributed by atoms with Gasteiger partial charge in [0.15, 0.2) is 0 Å². The Morgan fingerprint density at radius 2 is 1.34 bits per heavy atom. The predicted octanol–water partition coefficient (Wildman–Crippen LogP) is 6.60. The van der Waals surface area contributed by atoms with Crippen LogP contribution < -0.4 is 4.74 Å². The monoisotopic (exact) mass is 514 g/mol. The van der Waals surface area contributed by atoms with Gasteiger partial charge in [-0.1, -0.05) is 93.3 Å². The number of hydrogen-bond acceptors (Lipinski definition) is 4. The van der Waals surface area contributed by atoms with Crippen LogP contribution in [0.3, 0.4) is 0 Å². The summed E-state index contributed by atoms with van der Waals surface area (Å²) in [6.07, 6.45) is 6.03. The number of nitrogens with zero attached hydrogens (tertiary/aromatic N) is 2. The van der Waals surface area contributed by atoms with E-state index in [2.05, 4.69) is 60.4 Å². The lowest BCUT2D eigenvalue weighted by molar-refractivity contribution is 0.0409. The van der Waals surface area contributed by atoms with Crippen molar-refractivity contribution in [2.24, 2.45) is 0 Å². The molecule has 0 unspecified atom stereocenters. The second-order valence-electron chi connectivity index (χ2n) is 9.99. The Morgan fingerprint density at radius 1 is 0.737 bits per heavy atom. The number of ether oxygens (including phenoxy) is 2. The van der Waals surface area contributed by atoms with E-state index in [0.717, 1.165) is 68.2 Å². The van der Waals surface area contributed by atoms with E-state index in [1.807, 2.05) is 41.3 Å². The molecule has 0 aliphatic carbocycles. The predicted molar refractivity (Wildman–Crippen MR) is 154 cm³/mol. The third-order valence-electron chi connectivity index (χ3n) is 7.17. The molecule has 1 aliphatic heterocycles. The summed E-state index contributed by atoms with van der Waals surface area (Å²) in [6.45, 7) is 7.63.